The number of ether oxygens (including phenoxy) is 2. The molecule has 162 valence electrons. The first-order valence-corrected chi connectivity index (χ1v) is 9.86. The van der Waals surface area contributed by atoms with E-state index in [0.29, 0.717) is 49.9 Å². The van der Waals surface area contributed by atoms with Crippen molar-refractivity contribution in [2.24, 2.45) is 0 Å². The Balaban J connectivity index is 1.53. The van der Waals surface area contributed by atoms with E-state index in [1.54, 1.807) is 32.4 Å². The molecule has 10 heteroatoms. The van der Waals surface area contributed by atoms with Crippen LogP contribution in [0.15, 0.2) is 47.4 Å². The molecule has 0 bridgehead atoms. The third kappa shape index (κ3) is 4.02. The topological polar surface area (TPSA) is 102 Å². The Labute approximate surface area is 178 Å². The van der Waals surface area contributed by atoms with Crippen LogP contribution in [0.3, 0.4) is 0 Å². The van der Waals surface area contributed by atoms with Crippen LogP contribution in [0.25, 0.3) is 5.65 Å². The number of nitro groups is 1. The summed E-state index contributed by atoms with van der Waals surface area (Å²) in [5.74, 6) is 1.49. The molecule has 1 aromatic carbocycles. The molecule has 3 aromatic rings. The third-order valence-electron chi connectivity index (χ3n) is 5.40. The molecule has 0 N–H and O–H groups in total. The lowest BCUT2D eigenvalue weighted by molar-refractivity contribution is -0.385. The van der Waals surface area contributed by atoms with Crippen LogP contribution in [0, 0.1) is 10.1 Å². The number of hydrogen-bond acceptors (Lipinski definition) is 8. The molecular weight excluding hydrogens is 402 g/mol. The van der Waals surface area contributed by atoms with Crippen LogP contribution < -0.4 is 19.9 Å². The van der Waals surface area contributed by atoms with Crippen LogP contribution in [-0.4, -0.2) is 59.6 Å². The molecule has 0 saturated carbocycles. The van der Waals surface area contributed by atoms with Crippen LogP contribution in [-0.2, 0) is 6.54 Å². The van der Waals surface area contributed by atoms with Gasteiger partial charge in [-0.15, -0.1) is 0 Å². The SMILES string of the molecule is COc1ccc(CN2CCN(c3nc4ccccn4c(=O)c3[N+](=O)[O-])CC2)cc1OC. The van der Waals surface area contributed by atoms with Gasteiger partial charge >= 0.3 is 11.2 Å². The molecule has 0 spiro atoms. The Morgan fingerprint density at radius 2 is 1.81 bits per heavy atom. The second kappa shape index (κ2) is 8.60. The standard InChI is InChI=1S/C21H23N5O5/c1-30-16-7-6-15(13-17(16)31-2)14-23-9-11-24(12-10-23)20-19(26(28)29)21(27)25-8-4-3-5-18(25)22-20/h3-8,13H,9-12,14H2,1-2H3. The van der Waals surface area contributed by atoms with Crippen molar-refractivity contribution in [2.45, 2.75) is 6.54 Å². The summed E-state index contributed by atoms with van der Waals surface area (Å²) >= 11 is 0. The van der Waals surface area contributed by atoms with Crippen molar-refractivity contribution in [1.29, 1.82) is 0 Å². The second-order valence-electron chi connectivity index (χ2n) is 7.23. The Hall–Kier alpha value is -3.66. The summed E-state index contributed by atoms with van der Waals surface area (Å²) < 4.78 is 11.9. The highest BCUT2D eigenvalue weighted by Gasteiger charge is 2.29. The van der Waals surface area contributed by atoms with Crippen molar-refractivity contribution < 1.29 is 14.4 Å². The van der Waals surface area contributed by atoms with Gasteiger partial charge in [-0.05, 0) is 29.8 Å². The first-order valence-electron chi connectivity index (χ1n) is 9.86. The quantitative estimate of drug-likeness (QED) is 0.436. The van der Waals surface area contributed by atoms with E-state index in [4.69, 9.17) is 9.47 Å². The fourth-order valence-electron chi connectivity index (χ4n) is 3.80. The number of fused-ring (bicyclic) bond motifs is 1. The van der Waals surface area contributed by atoms with E-state index in [2.05, 4.69) is 9.88 Å². The van der Waals surface area contributed by atoms with Gasteiger partial charge in [0.25, 0.3) is 0 Å². The number of aromatic nitrogens is 2. The van der Waals surface area contributed by atoms with E-state index in [1.165, 1.54) is 10.6 Å². The Kier molecular flexibility index (Phi) is 5.72. The molecule has 0 amide bonds. The summed E-state index contributed by atoms with van der Waals surface area (Å²) in [4.78, 5) is 32.2. The predicted molar refractivity (Wildman–Crippen MR) is 115 cm³/mol. The molecule has 0 unspecified atom stereocenters. The number of anilines is 1. The largest absolute Gasteiger partial charge is 0.493 e. The molecule has 0 atom stereocenters. The van der Waals surface area contributed by atoms with Crippen LogP contribution in [0.4, 0.5) is 11.5 Å². The average Bonchev–Trinajstić information content (AvgIpc) is 2.79. The fourth-order valence-corrected chi connectivity index (χ4v) is 3.80. The molecular formula is C21H23N5O5. The summed E-state index contributed by atoms with van der Waals surface area (Å²) in [5, 5.41) is 11.6. The van der Waals surface area contributed by atoms with Crippen LogP contribution >= 0.6 is 0 Å². The van der Waals surface area contributed by atoms with Gasteiger partial charge in [-0.1, -0.05) is 12.1 Å². The van der Waals surface area contributed by atoms with Gasteiger partial charge in [0.05, 0.1) is 19.1 Å². The molecule has 0 radical (unpaired) electrons. The molecule has 0 aliphatic carbocycles. The van der Waals surface area contributed by atoms with Crippen molar-refractivity contribution in [3.05, 3.63) is 68.6 Å². The Morgan fingerprint density at radius 3 is 2.48 bits per heavy atom. The van der Waals surface area contributed by atoms with E-state index in [-0.39, 0.29) is 5.82 Å². The summed E-state index contributed by atoms with van der Waals surface area (Å²) in [5.41, 5.74) is 0.315. The first kappa shape index (κ1) is 20.6. The second-order valence-corrected chi connectivity index (χ2v) is 7.23. The molecule has 3 heterocycles. The van der Waals surface area contributed by atoms with Crippen molar-refractivity contribution in [3.8, 4) is 11.5 Å². The van der Waals surface area contributed by atoms with Gasteiger partial charge in [-0.25, -0.2) is 4.98 Å². The van der Waals surface area contributed by atoms with E-state index in [9.17, 15) is 14.9 Å². The number of piperazine rings is 1. The third-order valence-corrected chi connectivity index (χ3v) is 5.40. The number of pyridine rings is 1. The Bertz CT molecular complexity index is 1170. The molecule has 4 rings (SSSR count). The van der Waals surface area contributed by atoms with E-state index in [0.717, 1.165) is 5.56 Å². The molecule has 1 aliphatic heterocycles. The van der Waals surface area contributed by atoms with Gasteiger partial charge in [-0.2, -0.15) is 0 Å². The molecule has 1 fully saturated rings. The van der Waals surface area contributed by atoms with Gasteiger partial charge in [0.1, 0.15) is 5.65 Å². The summed E-state index contributed by atoms with van der Waals surface area (Å²) in [6.07, 6.45) is 1.49. The lowest BCUT2D eigenvalue weighted by Gasteiger charge is -2.35. The van der Waals surface area contributed by atoms with Crippen molar-refractivity contribution in [2.75, 3.05) is 45.3 Å². The van der Waals surface area contributed by atoms with E-state index < -0.39 is 16.2 Å². The van der Waals surface area contributed by atoms with Crippen molar-refractivity contribution >= 4 is 17.2 Å². The van der Waals surface area contributed by atoms with Crippen LogP contribution in [0.5, 0.6) is 11.5 Å². The number of rotatable bonds is 6. The average molecular weight is 425 g/mol. The zero-order valence-electron chi connectivity index (χ0n) is 17.4. The highest BCUT2D eigenvalue weighted by molar-refractivity contribution is 5.61. The molecule has 1 saturated heterocycles. The number of methoxy groups -OCH3 is 2. The van der Waals surface area contributed by atoms with Crippen LogP contribution in [0.1, 0.15) is 5.56 Å². The summed E-state index contributed by atoms with van der Waals surface area (Å²) in [6.45, 7) is 3.14. The highest BCUT2D eigenvalue weighted by atomic mass is 16.6. The lowest BCUT2D eigenvalue weighted by atomic mass is 10.1. The van der Waals surface area contributed by atoms with Gasteiger partial charge in [-0.3, -0.25) is 24.2 Å². The van der Waals surface area contributed by atoms with Gasteiger partial charge in [0.2, 0.25) is 5.82 Å². The van der Waals surface area contributed by atoms with Gasteiger partial charge in [0.15, 0.2) is 11.5 Å². The number of benzene rings is 1. The summed E-state index contributed by atoms with van der Waals surface area (Å²) in [7, 11) is 3.20. The smallest absolute Gasteiger partial charge is 0.376 e. The van der Waals surface area contributed by atoms with E-state index in [1.807, 2.05) is 23.1 Å². The Morgan fingerprint density at radius 1 is 1.06 bits per heavy atom. The lowest BCUT2D eigenvalue weighted by Crippen LogP contribution is -2.47. The van der Waals surface area contributed by atoms with Crippen LogP contribution in [0.2, 0.25) is 0 Å². The number of hydrogen-bond donors (Lipinski definition) is 0. The minimum atomic E-state index is -0.668. The molecule has 31 heavy (non-hydrogen) atoms. The predicted octanol–water partition coefficient (Wildman–Crippen LogP) is 1.94. The molecule has 10 nitrogen and oxygen atoms in total. The fraction of sp³-hybridized carbons (Fsp3) is 0.333. The maximum absolute atomic E-state index is 12.7. The maximum Gasteiger partial charge on any atom is 0.376 e. The maximum atomic E-state index is 12.7. The molecule has 1 aliphatic rings. The zero-order chi connectivity index (χ0) is 22.0. The van der Waals surface area contributed by atoms with Crippen molar-refractivity contribution in [3.63, 3.8) is 0 Å². The van der Waals surface area contributed by atoms with E-state index >= 15 is 0 Å². The molecule has 2 aromatic heterocycles. The monoisotopic (exact) mass is 425 g/mol. The summed E-state index contributed by atoms with van der Waals surface area (Å²) in [6, 6.07) is 10.9. The first-order chi connectivity index (χ1) is 15.0. The van der Waals surface area contributed by atoms with Crippen molar-refractivity contribution in [1.82, 2.24) is 14.3 Å². The van der Waals surface area contributed by atoms with Gasteiger partial charge in [0, 0.05) is 38.9 Å². The van der Waals surface area contributed by atoms with Gasteiger partial charge < -0.3 is 14.4 Å². The number of nitrogens with zero attached hydrogens (tertiary/aromatic N) is 5. The zero-order valence-corrected chi connectivity index (χ0v) is 17.4. The highest BCUT2D eigenvalue weighted by Crippen LogP contribution is 2.29. The minimum Gasteiger partial charge on any atom is -0.493 e. The normalized spacial score (nSPS) is 14.6. The minimum absolute atomic E-state index is 0.131.